The van der Waals surface area contributed by atoms with Crippen molar-refractivity contribution >= 4 is 39.0 Å². The molecule has 0 aromatic carbocycles. The van der Waals surface area contributed by atoms with Gasteiger partial charge in [0, 0.05) is 13.3 Å². The van der Waals surface area contributed by atoms with Crippen molar-refractivity contribution in [2.75, 3.05) is 18.1 Å². The number of methoxy groups -OCH3 is 1. The molecule has 114 valence electrons. The van der Waals surface area contributed by atoms with Crippen molar-refractivity contribution in [1.82, 2.24) is 10.1 Å². The Labute approximate surface area is 131 Å². The summed E-state index contributed by atoms with van der Waals surface area (Å²) in [6.45, 7) is 1.26. The van der Waals surface area contributed by atoms with E-state index in [4.69, 9.17) is 32.5 Å². The van der Waals surface area contributed by atoms with Crippen LogP contribution in [0.1, 0.15) is 5.76 Å². The van der Waals surface area contributed by atoms with Crippen molar-refractivity contribution in [3.63, 3.8) is 0 Å². The number of ether oxygens (including phenoxy) is 1. The lowest BCUT2D eigenvalue weighted by atomic mass is 10.5. The summed E-state index contributed by atoms with van der Waals surface area (Å²) in [4.78, 5) is 3.57. The lowest BCUT2D eigenvalue weighted by Gasteiger charge is -2.21. The van der Waals surface area contributed by atoms with Crippen molar-refractivity contribution in [3.05, 3.63) is 34.3 Å². The van der Waals surface area contributed by atoms with Gasteiger partial charge in [0.15, 0.2) is 5.76 Å². The maximum Gasteiger partial charge on any atom is 0.270 e. The van der Waals surface area contributed by atoms with Crippen molar-refractivity contribution in [2.45, 2.75) is 11.8 Å². The van der Waals surface area contributed by atoms with Crippen LogP contribution in [0.5, 0.6) is 0 Å². The van der Waals surface area contributed by atoms with E-state index in [9.17, 15) is 8.42 Å². The van der Waals surface area contributed by atoms with E-state index in [0.717, 1.165) is 4.31 Å². The molecule has 2 rings (SSSR count). The van der Waals surface area contributed by atoms with E-state index in [1.165, 1.54) is 25.4 Å². The zero-order valence-electron chi connectivity index (χ0n) is 11.1. The minimum Gasteiger partial charge on any atom is -0.363 e. The average molecular weight is 352 g/mol. The number of halogens is 2. The molecule has 7 nitrogen and oxygen atoms in total. The molecule has 0 spiro atoms. The van der Waals surface area contributed by atoms with Crippen LogP contribution >= 0.6 is 23.2 Å². The molecular weight excluding hydrogens is 341 g/mol. The van der Waals surface area contributed by atoms with Gasteiger partial charge in [-0.3, -0.25) is 0 Å². The largest absolute Gasteiger partial charge is 0.363 e. The number of hydrogen-bond donors (Lipinski definition) is 0. The van der Waals surface area contributed by atoms with Crippen LogP contribution in [0, 0.1) is 6.92 Å². The van der Waals surface area contributed by atoms with Crippen LogP contribution in [0.25, 0.3) is 0 Å². The highest BCUT2D eigenvalue weighted by molar-refractivity contribution is 7.93. The fourth-order valence-electron chi connectivity index (χ4n) is 1.55. The van der Waals surface area contributed by atoms with Gasteiger partial charge in [-0.1, -0.05) is 28.4 Å². The van der Waals surface area contributed by atoms with E-state index >= 15 is 0 Å². The zero-order chi connectivity index (χ0) is 15.6. The van der Waals surface area contributed by atoms with E-state index in [-0.39, 0.29) is 27.6 Å². The van der Waals surface area contributed by atoms with E-state index in [1.807, 2.05) is 0 Å². The van der Waals surface area contributed by atoms with Gasteiger partial charge >= 0.3 is 0 Å². The van der Waals surface area contributed by atoms with Crippen molar-refractivity contribution < 1.29 is 17.7 Å². The van der Waals surface area contributed by atoms with Gasteiger partial charge in [-0.2, -0.15) is 0 Å². The molecule has 2 aromatic heterocycles. The first-order valence-corrected chi connectivity index (χ1v) is 7.83. The predicted octanol–water partition coefficient (Wildman–Crippen LogP) is 2.48. The van der Waals surface area contributed by atoms with Crippen LogP contribution < -0.4 is 4.31 Å². The molecule has 0 saturated carbocycles. The second-order valence-corrected chi connectivity index (χ2v) is 6.51. The van der Waals surface area contributed by atoms with Gasteiger partial charge in [0.25, 0.3) is 10.0 Å². The standard InChI is InChI=1S/C11H11Cl2N3O4S/c1-7-9(12)11(15-20-7)16(6-19-2)21(17,18)8-4-3-5-14-10(8)13/h3-5H,6H2,1-2H3. The van der Waals surface area contributed by atoms with Crippen molar-refractivity contribution in [2.24, 2.45) is 0 Å². The molecule has 0 N–H and O–H groups in total. The highest BCUT2D eigenvalue weighted by Gasteiger charge is 2.32. The number of aromatic nitrogens is 2. The number of hydrogen-bond acceptors (Lipinski definition) is 6. The summed E-state index contributed by atoms with van der Waals surface area (Å²) in [5.74, 6) is 0.219. The molecule has 0 atom stereocenters. The lowest BCUT2D eigenvalue weighted by molar-refractivity contribution is 0.208. The molecule has 0 fully saturated rings. The van der Waals surface area contributed by atoms with Gasteiger partial charge in [0.2, 0.25) is 5.82 Å². The molecule has 0 unspecified atom stereocenters. The molecule has 0 aliphatic carbocycles. The van der Waals surface area contributed by atoms with E-state index in [2.05, 4.69) is 10.1 Å². The third kappa shape index (κ3) is 2.98. The highest BCUT2D eigenvalue weighted by atomic mass is 35.5. The number of rotatable bonds is 5. The second-order valence-electron chi connectivity index (χ2n) is 3.94. The number of pyridine rings is 1. The molecule has 10 heteroatoms. The fourth-order valence-corrected chi connectivity index (χ4v) is 3.53. The van der Waals surface area contributed by atoms with Crippen LogP contribution in [-0.2, 0) is 14.8 Å². The number of nitrogens with zero attached hydrogens (tertiary/aromatic N) is 3. The van der Waals surface area contributed by atoms with Crippen LogP contribution in [-0.4, -0.2) is 32.4 Å². The maximum absolute atomic E-state index is 12.7. The molecule has 0 amide bonds. The van der Waals surface area contributed by atoms with Crippen molar-refractivity contribution in [3.8, 4) is 0 Å². The lowest BCUT2D eigenvalue weighted by Crippen LogP contribution is -2.33. The van der Waals surface area contributed by atoms with Crippen molar-refractivity contribution in [1.29, 1.82) is 0 Å². The Morgan fingerprint density at radius 3 is 2.67 bits per heavy atom. The molecule has 0 bridgehead atoms. The first kappa shape index (κ1) is 16.0. The Balaban J connectivity index is 2.57. The van der Waals surface area contributed by atoms with Gasteiger partial charge < -0.3 is 9.26 Å². The van der Waals surface area contributed by atoms with Gasteiger partial charge in [0.05, 0.1) is 0 Å². The zero-order valence-corrected chi connectivity index (χ0v) is 13.4. The Kier molecular flexibility index (Phi) is 4.72. The third-order valence-electron chi connectivity index (χ3n) is 2.55. The molecule has 0 aliphatic rings. The minimum atomic E-state index is -4.05. The first-order chi connectivity index (χ1) is 9.89. The smallest absolute Gasteiger partial charge is 0.270 e. The summed E-state index contributed by atoms with van der Waals surface area (Å²) in [5.41, 5.74) is 0. The first-order valence-electron chi connectivity index (χ1n) is 5.63. The highest BCUT2D eigenvalue weighted by Crippen LogP contribution is 2.33. The summed E-state index contributed by atoms with van der Waals surface area (Å²) < 4.78 is 36.0. The second kappa shape index (κ2) is 6.18. The molecule has 0 radical (unpaired) electrons. The van der Waals surface area contributed by atoms with Gasteiger partial charge in [0.1, 0.15) is 21.8 Å². The maximum atomic E-state index is 12.7. The fraction of sp³-hybridized carbons (Fsp3) is 0.273. The quantitative estimate of drug-likeness (QED) is 0.607. The molecular formula is C11H11Cl2N3O4S. The van der Waals surface area contributed by atoms with E-state index in [0.29, 0.717) is 5.76 Å². The van der Waals surface area contributed by atoms with Gasteiger partial charge in [-0.05, 0) is 19.1 Å². The van der Waals surface area contributed by atoms with Crippen LogP contribution in [0.4, 0.5) is 5.82 Å². The van der Waals surface area contributed by atoms with Crippen LogP contribution in [0.2, 0.25) is 10.2 Å². The summed E-state index contributed by atoms with van der Waals surface area (Å²) in [7, 11) is -2.71. The average Bonchev–Trinajstić information content (AvgIpc) is 2.76. The molecule has 0 saturated heterocycles. The normalized spacial score (nSPS) is 11.6. The number of aryl methyl sites for hydroxylation is 1. The Morgan fingerprint density at radius 1 is 1.43 bits per heavy atom. The molecule has 2 heterocycles. The Bertz CT molecular complexity index is 748. The molecule has 2 aromatic rings. The molecule has 0 aliphatic heterocycles. The summed E-state index contributed by atoms with van der Waals surface area (Å²) in [6, 6.07) is 2.79. The van der Waals surface area contributed by atoms with Crippen LogP contribution in [0.3, 0.4) is 0 Å². The summed E-state index contributed by atoms with van der Waals surface area (Å²) in [5, 5.41) is 3.57. The summed E-state index contributed by atoms with van der Waals surface area (Å²) >= 11 is 11.9. The number of sulfonamides is 1. The van der Waals surface area contributed by atoms with Gasteiger partial charge in [-0.15, -0.1) is 0 Å². The topological polar surface area (TPSA) is 85.5 Å². The van der Waals surface area contributed by atoms with E-state index in [1.54, 1.807) is 6.92 Å². The Hall–Kier alpha value is -1.35. The third-order valence-corrected chi connectivity index (χ3v) is 5.14. The number of anilines is 1. The minimum absolute atomic E-state index is 0.0732. The van der Waals surface area contributed by atoms with Crippen LogP contribution in [0.15, 0.2) is 27.7 Å². The SMILES string of the molecule is COCN(c1noc(C)c1Cl)S(=O)(=O)c1cccnc1Cl. The monoisotopic (exact) mass is 351 g/mol. The predicted molar refractivity (Wildman–Crippen MR) is 77.0 cm³/mol. The molecule has 21 heavy (non-hydrogen) atoms. The van der Waals surface area contributed by atoms with Gasteiger partial charge in [-0.25, -0.2) is 17.7 Å². The van der Waals surface area contributed by atoms with E-state index < -0.39 is 10.0 Å². The summed E-state index contributed by atoms with van der Waals surface area (Å²) in [6.07, 6.45) is 1.38. The Morgan fingerprint density at radius 2 is 2.14 bits per heavy atom.